The molecule has 1 atom stereocenters. The lowest BCUT2D eigenvalue weighted by atomic mass is 10.1. The van der Waals surface area contributed by atoms with Crippen LogP contribution in [0.15, 0.2) is 84.0 Å². The number of anilines is 1. The van der Waals surface area contributed by atoms with Gasteiger partial charge >= 0.3 is 0 Å². The fourth-order valence-corrected chi connectivity index (χ4v) is 4.29. The van der Waals surface area contributed by atoms with Crippen molar-refractivity contribution in [3.05, 3.63) is 95.6 Å². The fraction of sp³-hybridized carbons (Fsp3) is 0.160. The third kappa shape index (κ3) is 5.68. The van der Waals surface area contributed by atoms with Crippen LogP contribution in [0.5, 0.6) is 5.75 Å². The molecule has 1 aromatic heterocycles. The number of carbonyl (C=O) groups is 2. The quantitative estimate of drug-likeness (QED) is 0.284. The highest BCUT2D eigenvalue weighted by molar-refractivity contribution is 8.00. The molecule has 0 saturated heterocycles. The van der Waals surface area contributed by atoms with E-state index in [1.54, 1.807) is 36.1 Å². The molecule has 8 nitrogen and oxygen atoms in total. The van der Waals surface area contributed by atoms with Crippen molar-refractivity contribution in [2.45, 2.75) is 23.9 Å². The summed E-state index contributed by atoms with van der Waals surface area (Å²) in [6, 6.07) is 24.0. The highest BCUT2D eigenvalue weighted by Crippen LogP contribution is 2.35. The summed E-state index contributed by atoms with van der Waals surface area (Å²) in [5.74, 6) is 0.461. The summed E-state index contributed by atoms with van der Waals surface area (Å²) in [4.78, 5) is 25.1. The zero-order valence-electron chi connectivity index (χ0n) is 18.7. The summed E-state index contributed by atoms with van der Waals surface area (Å²) < 4.78 is 6.87. The number of amides is 1. The van der Waals surface area contributed by atoms with Gasteiger partial charge in [0.25, 0.3) is 0 Å². The predicted molar refractivity (Wildman–Crippen MR) is 130 cm³/mol. The van der Waals surface area contributed by atoms with Gasteiger partial charge in [0.15, 0.2) is 5.78 Å². The number of aromatic nitrogens is 4. The number of hydrogen-bond donors (Lipinski definition) is 1. The molecule has 0 saturated carbocycles. The molecule has 0 fully saturated rings. The number of rotatable bonds is 9. The van der Waals surface area contributed by atoms with E-state index in [1.165, 1.54) is 18.7 Å². The minimum Gasteiger partial charge on any atom is -0.497 e. The van der Waals surface area contributed by atoms with Crippen molar-refractivity contribution >= 4 is 29.1 Å². The lowest BCUT2D eigenvalue weighted by molar-refractivity contribution is -0.115. The summed E-state index contributed by atoms with van der Waals surface area (Å²) in [5.41, 5.74) is 2.89. The molecule has 0 aliphatic rings. The molecule has 0 aliphatic heterocycles. The van der Waals surface area contributed by atoms with Crippen LogP contribution in [0.4, 0.5) is 5.69 Å². The SMILES string of the molecule is COc1ccc(Cn2nnnc2S[C@H](C(=O)Nc2cccc(C(C)=O)c2)c2ccccc2)cc1. The number of benzene rings is 3. The topological polar surface area (TPSA) is 99.0 Å². The predicted octanol–water partition coefficient (Wildman–Crippen LogP) is 4.40. The molecule has 0 aliphatic carbocycles. The minimum atomic E-state index is -0.609. The van der Waals surface area contributed by atoms with Crippen LogP contribution in [0.25, 0.3) is 0 Å². The summed E-state index contributed by atoms with van der Waals surface area (Å²) in [6.45, 7) is 1.94. The van der Waals surface area contributed by atoms with Crippen LogP contribution < -0.4 is 10.1 Å². The molecule has 4 aromatic rings. The van der Waals surface area contributed by atoms with Crippen LogP contribution in [0.1, 0.15) is 33.7 Å². The van der Waals surface area contributed by atoms with Crippen LogP contribution in [-0.2, 0) is 11.3 Å². The Hall–Kier alpha value is -3.98. The first-order chi connectivity index (χ1) is 16.5. The Morgan fingerprint density at radius 2 is 1.79 bits per heavy atom. The summed E-state index contributed by atoms with van der Waals surface area (Å²) in [6.07, 6.45) is 0. The van der Waals surface area contributed by atoms with E-state index in [-0.39, 0.29) is 11.7 Å². The molecule has 0 spiro atoms. The second-order valence-electron chi connectivity index (χ2n) is 7.50. The number of hydrogen-bond acceptors (Lipinski definition) is 7. The fourth-order valence-electron chi connectivity index (χ4n) is 3.31. The van der Waals surface area contributed by atoms with E-state index in [1.807, 2.05) is 54.6 Å². The van der Waals surface area contributed by atoms with E-state index in [0.717, 1.165) is 16.9 Å². The second-order valence-corrected chi connectivity index (χ2v) is 8.57. The van der Waals surface area contributed by atoms with Crippen molar-refractivity contribution in [1.29, 1.82) is 0 Å². The number of Topliss-reactive ketones (excluding diaryl/α,β-unsaturated/α-hetero) is 1. The first kappa shape index (κ1) is 23.2. The van der Waals surface area contributed by atoms with Crippen molar-refractivity contribution in [3.8, 4) is 5.75 Å². The van der Waals surface area contributed by atoms with Crippen LogP contribution in [-0.4, -0.2) is 39.0 Å². The van der Waals surface area contributed by atoms with Gasteiger partial charge < -0.3 is 10.1 Å². The number of methoxy groups -OCH3 is 1. The Labute approximate surface area is 201 Å². The van der Waals surface area contributed by atoms with Gasteiger partial charge in [0, 0.05) is 11.3 Å². The van der Waals surface area contributed by atoms with Gasteiger partial charge in [0.1, 0.15) is 11.0 Å². The first-order valence-corrected chi connectivity index (χ1v) is 11.4. The van der Waals surface area contributed by atoms with E-state index in [2.05, 4.69) is 20.8 Å². The molecule has 0 bridgehead atoms. The second kappa shape index (κ2) is 10.8. The molecular formula is C25H23N5O3S. The number of nitrogens with zero attached hydrogens (tertiary/aromatic N) is 4. The molecule has 4 rings (SSSR count). The number of carbonyl (C=O) groups excluding carboxylic acids is 2. The molecule has 0 unspecified atom stereocenters. The monoisotopic (exact) mass is 473 g/mol. The lowest BCUT2D eigenvalue weighted by Gasteiger charge is -2.17. The zero-order chi connectivity index (χ0) is 23.9. The van der Waals surface area contributed by atoms with Crippen molar-refractivity contribution in [1.82, 2.24) is 20.2 Å². The molecule has 9 heteroatoms. The van der Waals surface area contributed by atoms with Gasteiger partial charge in [-0.15, -0.1) is 5.10 Å². The van der Waals surface area contributed by atoms with Crippen LogP contribution in [0, 0.1) is 0 Å². The first-order valence-electron chi connectivity index (χ1n) is 10.6. The number of ether oxygens (including phenoxy) is 1. The Morgan fingerprint density at radius 3 is 2.50 bits per heavy atom. The van der Waals surface area contributed by atoms with Gasteiger partial charge in [0.2, 0.25) is 11.1 Å². The van der Waals surface area contributed by atoms with E-state index in [0.29, 0.717) is 23.0 Å². The number of ketones is 1. The maximum Gasteiger partial charge on any atom is 0.242 e. The van der Waals surface area contributed by atoms with Gasteiger partial charge in [-0.25, -0.2) is 4.68 Å². The van der Waals surface area contributed by atoms with Crippen molar-refractivity contribution in [3.63, 3.8) is 0 Å². The zero-order valence-corrected chi connectivity index (χ0v) is 19.5. The van der Waals surface area contributed by atoms with Crippen LogP contribution in [0.2, 0.25) is 0 Å². The summed E-state index contributed by atoms with van der Waals surface area (Å²) >= 11 is 1.26. The van der Waals surface area contributed by atoms with Crippen molar-refractivity contribution in [2.24, 2.45) is 0 Å². The Kier molecular flexibility index (Phi) is 7.34. The van der Waals surface area contributed by atoms with E-state index >= 15 is 0 Å². The van der Waals surface area contributed by atoms with Crippen molar-refractivity contribution < 1.29 is 14.3 Å². The molecule has 1 amide bonds. The molecule has 34 heavy (non-hydrogen) atoms. The van der Waals surface area contributed by atoms with Gasteiger partial charge in [-0.05, 0) is 52.7 Å². The third-order valence-corrected chi connectivity index (χ3v) is 6.32. The van der Waals surface area contributed by atoms with Crippen molar-refractivity contribution in [2.75, 3.05) is 12.4 Å². The van der Waals surface area contributed by atoms with E-state index in [4.69, 9.17) is 4.74 Å². The Morgan fingerprint density at radius 1 is 1.03 bits per heavy atom. The average Bonchev–Trinajstić information content (AvgIpc) is 3.30. The van der Waals surface area contributed by atoms with Gasteiger partial charge in [0.05, 0.1) is 13.7 Å². The standard InChI is InChI=1S/C25H23N5O3S/c1-17(31)20-9-6-10-21(15-20)26-24(32)23(19-7-4-3-5-8-19)34-25-27-28-29-30(25)16-18-11-13-22(33-2)14-12-18/h3-15,23H,16H2,1-2H3,(H,26,32)/t23-/m0/s1. The Bertz CT molecular complexity index is 1280. The summed E-state index contributed by atoms with van der Waals surface area (Å²) in [7, 11) is 1.62. The number of tetrazole rings is 1. The average molecular weight is 474 g/mol. The largest absolute Gasteiger partial charge is 0.497 e. The maximum absolute atomic E-state index is 13.4. The van der Waals surface area contributed by atoms with Gasteiger partial charge in [-0.2, -0.15) is 0 Å². The van der Waals surface area contributed by atoms with Crippen LogP contribution in [0.3, 0.4) is 0 Å². The highest BCUT2D eigenvalue weighted by Gasteiger charge is 2.25. The smallest absolute Gasteiger partial charge is 0.242 e. The van der Waals surface area contributed by atoms with Gasteiger partial charge in [-0.3, -0.25) is 9.59 Å². The summed E-state index contributed by atoms with van der Waals surface area (Å²) in [5, 5.41) is 14.9. The van der Waals surface area contributed by atoms with Crippen LogP contribution >= 0.6 is 11.8 Å². The third-order valence-electron chi connectivity index (χ3n) is 5.09. The minimum absolute atomic E-state index is 0.0669. The molecular weight excluding hydrogens is 450 g/mol. The maximum atomic E-state index is 13.4. The lowest BCUT2D eigenvalue weighted by Crippen LogP contribution is -2.20. The molecule has 1 N–H and O–H groups in total. The molecule has 0 radical (unpaired) electrons. The molecule has 1 heterocycles. The number of thioether (sulfide) groups is 1. The highest BCUT2D eigenvalue weighted by atomic mass is 32.2. The molecule has 172 valence electrons. The van der Waals surface area contributed by atoms with E-state index < -0.39 is 5.25 Å². The Balaban J connectivity index is 1.57. The number of nitrogens with one attached hydrogen (secondary N) is 1. The van der Waals surface area contributed by atoms with E-state index in [9.17, 15) is 9.59 Å². The normalized spacial score (nSPS) is 11.6. The molecule has 3 aromatic carbocycles. The van der Waals surface area contributed by atoms with Gasteiger partial charge in [-0.1, -0.05) is 66.4 Å².